The number of ether oxygens (including phenoxy) is 1. The third kappa shape index (κ3) is 6.00. The minimum Gasteiger partial charge on any atom is -0.465 e. The highest BCUT2D eigenvalue weighted by molar-refractivity contribution is 5.87. The molecule has 0 radical (unpaired) electrons. The number of carbonyl (C=O) groups excluding carboxylic acids is 2. The van der Waals surface area contributed by atoms with Crippen molar-refractivity contribution in [2.24, 2.45) is 0 Å². The molecule has 3 aromatic carbocycles. The SMILES string of the molecule is CCOC(=O)C1(c2ccc(-c3ccc(-c4onc(C)c4CC(=O)CCc4cc(C(F)(F)F)ccc4F)cc3)cc2)CC1. The van der Waals surface area contributed by atoms with Gasteiger partial charge in [0.05, 0.1) is 23.3 Å². The number of Topliss-reactive ketones (excluding diaryl/α,β-unsaturated/α-hetero) is 1. The molecular weight excluding hydrogens is 550 g/mol. The third-order valence-electron chi connectivity index (χ3n) is 7.74. The molecule has 0 N–H and O–H groups in total. The van der Waals surface area contributed by atoms with E-state index in [9.17, 15) is 27.2 Å². The fourth-order valence-electron chi connectivity index (χ4n) is 5.13. The lowest BCUT2D eigenvalue weighted by atomic mass is 9.93. The van der Waals surface area contributed by atoms with E-state index in [0.29, 0.717) is 35.3 Å². The average Bonchev–Trinajstić information content (AvgIpc) is 3.71. The van der Waals surface area contributed by atoms with Gasteiger partial charge >= 0.3 is 12.1 Å². The van der Waals surface area contributed by atoms with Gasteiger partial charge in [-0.15, -0.1) is 0 Å². The Kier molecular flexibility index (Phi) is 8.03. The molecule has 42 heavy (non-hydrogen) atoms. The van der Waals surface area contributed by atoms with Crippen LogP contribution in [0.15, 0.2) is 71.3 Å². The number of alkyl halides is 3. The van der Waals surface area contributed by atoms with Crippen molar-refractivity contribution in [1.82, 2.24) is 5.16 Å². The number of hydrogen-bond acceptors (Lipinski definition) is 5. The van der Waals surface area contributed by atoms with Gasteiger partial charge in [0.25, 0.3) is 0 Å². The van der Waals surface area contributed by atoms with Crippen molar-refractivity contribution in [1.29, 1.82) is 0 Å². The first-order valence-electron chi connectivity index (χ1n) is 13.7. The van der Waals surface area contributed by atoms with Crippen LogP contribution in [0.25, 0.3) is 22.5 Å². The Labute approximate surface area is 240 Å². The number of halogens is 4. The molecule has 1 aromatic heterocycles. The highest BCUT2D eigenvalue weighted by Crippen LogP contribution is 2.49. The number of aryl methyl sites for hydroxylation is 2. The highest BCUT2D eigenvalue weighted by Gasteiger charge is 2.52. The van der Waals surface area contributed by atoms with Crippen molar-refractivity contribution >= 4 is 11.8 Å². The van der Waals surface area contributed by atoms with Gasteiger partial charge in [-0.3, -0.25) is 9.59 Å². The molecule has 1 saturated carbocycles. The summed E-state index contributed by atoms with van der Waals surface area (Å²) in [7, 11) is 0. The van der Waals surface area contributed by atoms with E-state index < -0.39 is 23.0 Å². The van der Waals surface area contributed by atoms with Gasteiger partial charge in [0.15, 0.2) is 5.76 Å². The summed E-state index contributed by atoms with van der Waals surface area (Å²) >= 11 is 0. The van der Waals surface area contributed by atoms with Crippen LogP contribution in [-0.2, 0) is 38.8 Å². The van der Waals surface area contributed by atoms with Crippen LogP contribution in [-0.4, -0.2) is 23.5 Å². The predicted octanol–water partition coefficient (Wildman–Crippen LogP) is 7.81. The summed E-state index contributed by atoms with van der Waals surface area (Å²) in [5.41, 5.74) is 3.04. The quantitative estimate of drug-likeness (QED) is 0.142. The molecule has 1 heterocycles. The molecule has 0 saturated heterocycles. The van der Waals surface area contributed by atoms with Crippen molar-refractivity contribution in [3.63, 3.8) is 0 Å². The second-order valence-electron chi connectivity index (χ2n) is 10.6. The summed E-state index contributed by atoms with van der Waals surface area (Å²) in [5, 5.41) is 4.01. The number of rotatable bonds is 10. The van der Waals surface area contributed by atoms with Crippen molar-refractivity contribution in [2.45, 2.75) is 57.5 Å². The van der Waals surface area contributed by atoms with Gasteiger partial charge in [0.2, 0.25) is 0 Å². The molecule has 5 rings (SSSR count). The van der Waals surface area contributed by atoms with Crippen LogP contribution in [0.2, 0.25) is 0 Å². The van der Waals surface area contributed by atoms with Gasteiger partial charge < -0.3 is 9.26 Å². The summed E-state index contributed by atoms with van der Waals surface area (Å²) < 4.78 is 63.9. The fourth-order valence-corrected chi connectivity index (χ4v) is 5.13. The molecule has 0 aliphatic heterocycles. The van der Waals surface area contributed by atoms with Crippen molar-refractivity contribution < 1.29 is 36.4 Å². The molecule has 0 spiro atoms. The maximum atomic E-state index is 14.1. The monoisotopic (exact) mass is 579 g/mol. The minimum absolute atomic E-state index is 0.0450. The third-order valence-corrected chi connectivity index (χ3v) is 7.74. The number of nitrogens with zero attached hydrogens (tertiary/aromatic N) is 1. The van der Waals surface area contributed by atoms with Gasteiger partial charge in [-0.2, -0.15) is 13.2 Å². The van der Waals surface area contributed by atoms with E-state index in [1.165, 1.54) is 0 Å². The maximum absolute atomic E-state index is 14.1. The van der Waals surface area contributed by atoms with Crippen LogP contribution in [0, 0.1) is 12.7 Å². The molecule has 0 atom stereocenters. The lowest BCUT2D eigenvalue weighted by molar-refractivity contribution is -0.146. The first-order chi connectivity index (χ1) is 20.0. The van der Waals surface area contributed by atoms with E-state index in [0.717, 1.165) is 41.7 Å². The first kappa shape index (κ1) is 29.2. The lowest BCUT2D eigenvalue weighted by Gasteiger charge is -2.14. The number of hydrogen-bond donors (Lipinski definition) is 0. The Hall–Kier alpha value is -4.27. The largest absolute Gasteiger partial charge is 0.465 e. The summed E-state index contributed by atoms with van der Waals surface area (Å²) in [6.45, 7) is 3.86. The number of carbonyl (C=O) groups is 2. The van der Waals surface area contributed by atoms with Crippen LogP contribution in [0.5, 0.6) is 0 Å². The molecule has 1 aliphatic carbocycles. The van der Waals surface area contributed by atoms with Crippen LogP contribution >= 0.6 is 0 Å². The van der Waals surface area contributed by atoms with Crippen molar-refractivity contribution in [3.05, 3.63) is 100 Å². The molecule has 0 unspecified atom stereocenters. The van der Waals surface area contributed by atoms with Gasteiger partial charge in [-0.25, -0.2) is 4.39 Å². The van der Waals surface area contributed by atoms with Gasteiger partial charge in [-0.1, -0.05) is 53.7 Å². The van der Waals surface area contributed by atoms with E-state index in [-0.39, 0.29) is 36.6 Å². The molecule has 218 valence electrons. The molecule has 0 bridgehead atoms. The first-order valence-corrected chi connectivity index (χ1v) is 13.7. The molecule has 0 amide bonds. The maximum Gasteiger partial charge on any atom is 0.416 e. The minimum atomic E-state index is -4.59. The van der Waals surface area contributed by atoms with Crippen LogP contribution < -0.4 is 0 Å². The number of esters is 1. The Morgan fingerprint density at radius 3 is 2.17 bits per heavy atom. The van der Waals surface area contributed by atoms with E-state index in [4.69, 9.17) is 9.26 Å². The standard InChI is InChI=1S/C33H29F4NO4/c1-3-41-31(40)32(16-17-32)25-11-8-22(9-12-25)21-4-6-23(7-5-21)30-28(20(2)38-42-30)19-27(39)14-10-24-18-26(33(35,36)37)13-15-29(24)34/h4-9,11-13,15,18H,3,10,14,16-17,19H2,1-2H3. The van der Waals surface area contributed by atoms with Gasteiger partial charge in [-0.05, 0) is 73.6 Å². The zero-order valence-electron chi connectivity index (χ0n) is 23.2. The number of ketones is 1. The molecular formula is C33H29F4NO4. The smallest absolute Gasteiger partial charge is 0.416 e. The summed E-state index contributed by atoms with van der Waals surface area (Å²) in [4.78, 5) is 25.2. The summed E-state index contributed by atoms with van der Waals surface area (Å²) in [6, 6.07) is 17.6. The zero-order chi connectivity index (χ0) is 30.1. The second-order valence-corrected chi connectivity index (χ2v) is 10.6. The number of benzene rings is 3. The van der Waals surface area contributed by atoms with Crippen LogP contribution in [0.3, 0.4) is 0 Å². The predicted molar refractivity (Wildman–Crippen MR) is 148 cm³/mol. The van der Waals surface area contributed by atoms with Crippen molar-refractivity contribution in [3.8, 4) is 22.5 Å². The van der Waals surface area contributed by atoms with Gasteiger partial charge in [0.1, 0.15) is 11.6 Å². The molecule has 9 heteroatoms. The van der Waals surface area contributed by atoms with E-state index in [1.54, 1.807) is 13.8 Å². The summed E-state index contributed by atoms with van der Waals surface area (Å²) in [6.07, 6.45) is -3.36. The Bertz CT molecular complexity index is 1600. The second kappa shape index (κ2) is 11.5. The van der Waals surface area contributed by atoms with E-state index in [1.807, 2.05) is 48.5 Å². The molecule has 5 nitrogen and oxygen atoms in total. The highest BCUT2D eigenvalue weighted by atomic mass is 19.4. The molecule has 1 fully saturated rings. The van der Waals surface area contributed by atoms with Crippen LogP contribution in [0.1, 0.15) is 54.1 Å². The number of aromatic nitrogens is 1. The summed E-state index contributed by atoms with van der Waals surface area (Å²) in [5.74, 6) is -0.801. The Balaban J connectivity index is 1.26. The average molecular weight is 580 g/mol. The normalized spacial score (nSPS) is 14.0. The van der Waals surface area contributed by atoms with E-state index in [2.05, 4.69) is 5.16 Å². The Morgan fingerprint density at radius 1 is 0.952 bits per heavy atom. The fraction of sp³-hybridized carbons (Fsp3) is 0.303. The van der Waals surface area contributed by atoms with Gasteiger partial charge in [0, 0.05) is 24.0 Å². The molecule has 1 aliphatic rings. The van der Waals surface area contributed by atoms with Crippen molar-refractivity contribution in [2.75, 3.05) is 6.61 Å². The lowest BCUT2D eigenvalue weighted by Crippen LogP contribution is -2.23. The van der Waals surface area contributed by atoms with Crippen LogP contribution in [0.4, 0.5) is 17.6 Å². The Morgan fingerprint density at radius 2 is 1.57 bits per heavy atom. The zero-order valence-corrected chi connectivity index (χ0v) is 23.2. The van der Waals surface area contributed by atoms with E-state index >= 15 is 0 Å². The topological polar surface area (TPSA) is 69.4 Å². The molecule has 4 aromatic rings.